The minimum Gasteiger partial charge on any atom is -0.497 e. The second kappa shape index (κ2) is 7.03. The van der Waals surface area contributed by atoms with E-state index in [4.69, 9.17) is 4.74 Å². The molecule has 5 nitrogen and oxygen atoms in total. The quantitative estimate of drug-likeness (QED) is 0.824. The predicted molar refractivity (Wildman–Crippen MR) is 112 cm³/mol. The van der Waals surface area contributed by atoms with Crippen molar-refractivity contribution in [2.45, 2.75) is 57.9 Å². The molecule has 4 aliphatic carbocycles. The van der Waals surface area contributed by atoms with Crippen molar-refractivity contribution < 1.29 is 14.3 Å². The van der Waals surface area contributed by atoms with Crippen LogP contribution >= 0.6 is 0 Å². The number of carbonyl (C=O) groups is 2. The Hall–Kier alpha value is -2.04. The van der Waals surface area contributed by atoms with E-state index in [2.05, 4.69) is 12.2 Å². The van der Waals surface area contributed by atoms with Crippen molar-refractivity contribution in [3.63, 3.8) is 0 Å². The lowest BCUT2D eigenvalue weighted by Crippen LogP contribution is -2.56. The molecule has 1 saturated heterocycles. The fourth-order valence-corrected chi connectivity index (χ4v) is 7.09. The van der Waals surface area contributed by atoms with Gasteiger partial charge in [0.25, 0.3) is 0 Å². The largest absolute Gasteiger partial charge is 0.497 e. The van der Waals surface area contributed by atoms with Gasteiger partial charge in [0.05, 0.1) is 13.0 Å². The monoisotopic (exact) mass is 396 g/mol. The maximum Gasteiger partial charge on any atom is 0.227 e. The summed E-state index contributed by atoms with van der Waals surface area (Å²) < 4.78 is 5.19. The van der Waals surface area contributed by atoms with Crippen molar-refractivity contribution in [1.82, 2.24) is 5.32 Å². The lowest BCUT2D eigenvalue weighted by Gasteiger charge is -2.59. The van der Waals surface area contributed by atoms with Gasteiger partial charge in [-0.15, -0.1) is 0 Å². The van der Waals surface area contributed by atoms with Crippen LogP contribution in [0.4, 0.5) is 5.69 Å². The first-order valence-electron chi connectivity index (χ1n) is 11.2. The Morgan fingerprint density at radius 2 is 1.69 bits per heavy atom. The Balaban J connectivity index is 1.24. The number of anilines is 1. The van der Waals surface area contributed by atoms with Crippen molar-refractivity contribution in [3.8, 4) is 5.75 Å². The smallest absolute Gasteiger partial charge is 0.227 e. The summed E-state index contributed by atoms with van der Waals surface area (Å²) in [4.78, 5) is 27.4. The van der Waals surface area contributed by atoms with Crippen molar-refractivity contribution >= 4 is 17.5 Å². The van der Waals surface area contributed by atoms with E-state index in [1.165, 1.54) is 38.5 Å². The molecule has 2 unspecified atom stereocenters. The maximum atomic E-state index is 13.1. The number of rotatable bonds is 5. The van der Waals surface area contributed by atoms with Crippen LogP contribution in [-0.2, 0) is 9.59 Å². The third kappa shape index (κ3) is 3.32. The highest BCUT2D eigenvalue weighted by molar-refractivity contribution is 6.00. The van der Waals surface area contributed by atoms with E-state index in [9.17, 15) is 9.59 Å². The third-order valence-corrected chi connectivity index (χ3v) is 8.24. The van der Waals surface area contributed by atoms with Crippen molar-refractivity contribution in [2.24, 2.45) is 29.1 Å². The summed E-state index contributed by atoms with van der Waals surface area (Å²) in [6.45, 7) is 2.67. The van der Waals surface area contributed by atoms with E-state index in [1.807, 2.05) is 24.3 Å². The number of ether oxygens (including phenoxy) is 1. The molecule has 156 valence electrons. The zero-order valence-corrected chi connectivity index (χ0v) is 17.5. The third-order valence-electron chi connectivity index (χ3n) is 8.24. The lowest BCUT2D eigenvalue weighted by molar-refractivity contribution is -0.130. The second-order valence-electron chi connectivity index (χ2n) is 10.1. The van der Waals surface area contributed by atoms with Crippen molar-refractivity contribution in [1.29, 1.82) is 0 Å². The first-order chi connectivity index (χ1) is 14.0. The van der Waals surface area contributed by atoms with Gasteiger partial charge in [0.2, 0.25) is 11.8 Å². The summed E-state index contributed by atoms with van der Waals surface area (Å²) in [5.41, 5.74) is 1.13. The van der Waals surface area contributed by atoms with Crippen LogP contribution in [0.3, 0.4) is 0 Å². The molecular weight excluding hydrogens is 364 g/mol. The van der Waals surface area contributed by atoms with Crippen LogP contribution in [0.25, 0.3) is 0 Å². The van der Waals surface area contributed by atoms with Crippen LogP contribution < -0.4 is 15.0 Å². The Labute approximate surface area is 173 Å². The van der Waals surface area contributed by atoms with Crippen LogP contribution in [0.15, 0.2) is 24.3 Å². The zero-order valence-electron chi connectivity index (χ0n) is 17.5. The number of hydrogen-bond acceptors (Lipinski definition) is 3. The molecule has 6 rings (SSSR count). The number of amides is 2. The Bertz CT molecular complexity index is 768. The molecule has 1 aromatic carbocycles. The normalized spacial score (nSPS) is 36.3. The van der Waals surface area contributed by atoms with E-state index in [0.29, 0.717) is 18.4 Å². The predicted octanol–water partition coefficient (Wildman–Crippen LogP) is 3.77. The molecule has 4 saturated carbocycles. The Morgan fingerprint density at radius 1 is 1.10 bits per heavy atom. The van der Waals surface area contributed by atoms with Crippen LogP contribution in [0.5, 0.6) is 5.75 Å². The molecule has 1 heterocycles. The van der Waals surface area contributed by atoms with Gasteiger partial charge < -0.3 is 15.0 Å². The minimum absolute atomic E-state index is 0.0257. The molecule has 0 aromatic heterocycles. The second-order valence-corrected chi connectivity index (χ2v) is 10.1. The molecule has 4 bridgehead atoms. The molecule has 5 aliphatic rings. The number of nitrogens with zero attached hydrogens (tertiary/aromatic N) is 1. The van der Waals surface area contributed by atoms with Gasteiger partial charge in [-0.1, -0.05) is 0 Å². The van der Waals surface area contributed by atoms with Crippen molar-refractivity contribution in [3.05, 3.63) is 24.3 Å². The SMILES string of the molecule is COc1ccc(N2CC(C(=O)NC(C)C34CC5CC(CC(C5)C3)C4)CC2=O)cc1. The van der Waals surface area contributed by atoms with Gasteiger partial charge in [-0.25, -0.2) is 0 Å². The molecule has 1 aliphatic heterocycles. The summed E-state index contributed by atoms with van der Waals surface area (Å²) in [5.74, 6) is 3.20. The van der Waals surface area contributed by atoms with Gasteiger partial charge in [0, 0.05) is 24.7 Å². The average molecular weight is 397 g/mol. The molecule has 2 atom stereocenters. The van der Waals surface area contributed by atoms with Gasteiger partial charge in [0.15, 0.2) is 0 Å². The topological polar surface area (TPSA) is 58.6 Å². The molecule has 29 heavy (non-hydrogen) atoms. The van der Waals surface area contributed by atoms with Crippen molar-refractivity contribution in [2.75, 3.05) is 18.6 Å². The molecule has 1 aromatic rings. The van der Waals surface area contributed by atoms with E-state index in [0.717, 1.165) is 29.2 Å². The molecule has 5 heteroatoms. The van der Waals surface area contributed by atoms with Gasteiger partial charge in [-0.2, -0.15) is 0 Å². The van der Waals surface area contributed by atoms with Gasteiger partial charge in [-0.05, 0) is 92.9 Å². The fourth-order valence-electron chi connectivity index (χ4n) is 7.09. The Morgan fingerprint density at radius 3 is 2.24 bits per heavy atom. The summed E-state index contributed by atoms with van der Waals surface area (Å²) in [6.07, 6.45) is 8.37. The molecule has 2 amide bonds. The summed E-state index contributed by atoms with van der Waals surface area (Å²) in [7, 11) is 1.63. The summed E-state index contributed by atoms with van der Waals surface area (Å²) in [5, 5.41) is 3.35. The summed E-state index contributed by atoms with van der Waals surface area (Å²) in [6, 6.07) is 7.67. The highest BCUT2D eigenvalue weighted by Crippen LogP contribution is 2.61. The average Bonchev–Trinajstić information content (AvgIpc) is 3.09. The van der Waals surface area contributed by atoms with E-state index in [1.54, 1.807) is 12.0 Å². The number of nitrogens with one attached hydrogen (secondary N) is 1. The van der Waals surface area contributed by atoms with Gasteiger partial charge in [-0.3, -0.25) is 9.59 Å². The lowest BCUT2D eigenvalue weighted by atomic mass is 9.48. The van der Waals surface area contributed by atoms with Gasteiger partial charge >= 0.3 is 0 Å². The van der Waals surface area contributed by atoms with E-state index < -0.39 is 0 Å². The molecular formula is C24H32N2O3. The molecule has 0 spiro atoms. The van der Waals surface area contributed by atoms with Gasteiger partial charge in [0.1, 0.15) is 5.75 Å². The van der Waals surface area contributed by atoms with E-state index >= 15 is 0 Å². The zero-order chi connectivity index (χ0) is 20.2. The summed E-state index contributed by atoms with van der Waals surface area (Å²) >= 11 is 0. The maximum absolute atomic E-state index is 13.1. The molecule has 5 fully saturated rings. The first-order valence-corrected chi connectivity index (χ1v) is 11.2. The standard InChI is InChI=1S/C24H32N2O3/c1-15(24-11-16-7-17(12-24)9-18(8-16)13-24)25-23(28)19-10-22(27)26(14-19)20-3-5-21(29-2)6-4-20/h3-6,15-19H,7-14H2,1-2H3,(H,25,28). The van der Waals surface area contributed by atoms with Crippen LogP contribution in [0.2, 0.25) is 0 Å². The first kappa shape index (κ1) is 19.0. The van der Waals surface area contributed by atoms with Crippen LogP contribution in [0, 0.1) is 29.1 Å². The molecule has 1 N–H and O–H groups in total. The van der Waals surface area contributed by atoms with Crippen LogP contribution in [0.1, 0.15) is 51.9 Å². The molecule has 0 radical (unpaired) electrons. The number of hydrogen-bond donors (Lipinski definition) is 1. The number of methoxy groups -OCH3 is 1. The van der Waals surface area contributed by atoms with Crippen LogP contribution in [-0.4, -0.2) is 31.5 Å². The highest BCUT2D eigenvalue weighted by Gasteiger charge is 2.53. The number of carbonyl (C=O) groups excluding carboxylic acids is 2. The minimum atomic E-state index is -0.263. The fraction of sp³-hybridized carbons (Fsp3) is 0.667. The Kier molecular flexibility index (Phi) is 4.60. The van der Waals surface area contributed by atoms with E-state index in [-0.39, 0.29) is 23.8 Å². The number of benzene rings is 1. The highest BCUT2D eigenvalue weighted by atomic mass is 16.5.